The molecule has 0 aliphatic carbocycles. The molecule has 0 unspecified atom stereocenters. The van der Waals surface area contributed by atoms with Gasteiger partial charge < -0.3 is 71.3 Å². The normalized spacial score (nSPS) is 15.2. The number of nitrogens with zero attached hydrogens (tertiary/aromatic N) is 16. The van der Waals surface area contributed by atoms with Crippen LogP contribution in [0, 0.1) is 48.5 Å². The molecule has 4 aliphatic rings. The number of rotatable bonds is 36. The molecule has 0 spiro atoms. The molecule has 135 heavy (non-hydrogen) atoms. The minimum absolute atomic E-state index is 0.0460. The fourth-order valence-electron chi connectivity index (χ4n) is 15.9. The van der Waals surface area contributed by atoms with E-state index >= 15 is 0 Å². The van der Waals surface area contributed by atoms with E-state index in [-0.39, 0.29) is 21.0 Å². The van der Waals surface area contributed by atoms with Crippen LogP contribution in [-0.4, -0.2) is 226 Å². The Morgan fingerprint density at radius 2 is 0.526 bits per heavy atom. The maximum absolute atomic E-state index is 6.16. The summed E-state index contributed by atoms with van der Waals surface area (Å²) in [6.07, 6.45) is 10.4. The highest BCUT2D eigenvalue weighted by Crippen LogP contribution is 2.47. The number of morpholine rings is 1. The number of aryl methyl sites for hydroxylation is 7. The number of thioether (sulfide) groups is 4. The summed E-state index contributed by atoms with van der Waals surface area (Å²) in [5.74, 6) is 8.13. The molecule has 12 aromatic rings. The fraction of sp³-hybridized carbons (Fsp3) is 0.464. The summed E-state index contributed by atoms with van der Waals surface area (Å²) >= 11 is 12.9. The Labute approximate surface area is 826 Å². The van der Waals surface area contributed by atoms with E-state index in [4.69, 9.17) is 91.2 Å². The maximum Gasteiger partial charge on any atom is 0.192 e. The smallest absolute Gasteiger partial charge is 0.192 e. The molecular formula is C97H127N21O9S8. The van der Waals surface area contributed by atoms with Crippen LogP contribution in [0.2, 0.25) is 0 Å². The van der Waals surface area contributed by atoms with Gasteiger partial charge in [0, 0.05) is 122 Å². The van der Waals surface area contributed by atoms with Gasteiger partial charge in [-0.2, -0.15) is 0 Å². The molecule has 12 heterocycles. The average molecular weight is 1990 g/mol. The van der Waals surface area contributed by atoms with Crippen LogP contribution in [0.5, 0.6) is 46.0 Å². The van der Waals surface area contributed by atoms with E-state index in [2.05, 4.69) is 115 Å². The molecule has 0 bridgehead atoms. The van der Waals surface area contributed by atoms with Crippen molar-refractivity contribution in [2.75, 3.05) is 175 Å². The zero-order chi connectivity index (χ0) is 95.6. The van der Waals surface area contributed by atoms with Crippen molar-refractivity contribution in [2.45, 2.75) is 169 Å². The Morgan fingerprint density at radius 3 is 0.770 bits per heavy atom. The largest absolute Gasteiger partial charge is 0.493 e. The molecule has 8 aromatic heterocycles. The quantitative estimate of drug-likeness (QED) is 0.0180. The summed E-state index contributed by atoms with van der Waals surface area (Å²) in [7, 11) is 6.68. The lowest BCUT2D eigenvalue weighted by molar-refractivity contribution is 0.0321. The van der Waals surface area contributed by atoms with Crippen molar-refractivity contribution in [3.05, 3.63) is 156 Å². The highest BCUT2D eigenvalue weighted by Gasteiger charge is 2.27. The molecule has 4 fully saturated rings. The number of likely N-dealkylation sites (tertiary alicyclic amines) is 3. The molecule has 0 saturated carbocycles. The minimum atomic E-state index is 0.0460. The number of thiazole rings is 4. The second kappa shape index (κ2) is 50.6. The number of nitrogen functional groups attached to an aromatic ring is 5. The van der Waals surface area contributed by atoms with Crippen LogP contribution in [0.25, 0.3) is 42.3 Å². The van der Waals surface area contributed by atoms with E-state index < -0.39 is 0 Å². The van der Waals surface area contributed by atoms with Crippen molar-refractivity contribution < 1.29 is 42.6 Å². The minimum Gasteiger partial charge on any atom is -0.493 e. The van der Waals surface area contributed by atoms with Crippen LogP contribution in [0.3, 0.4) is 0 Å². The van der Waals surface area contributed by atoms with Gasteiger partial charge in [-0.3, -0.25) is 19.6 Å². The number of nitrogens with two attached hydrogens (primary N) is 5. The molecule has 4 atom stereocenters. The lowest BCUT2D eigenvalue weighted by atomic mass is 10.1. The van der Waals surface area contributed by atoms with Crippen LogP contribution < -0.4 is 66.6 Å². The van der Waals surface area contributed by atoms with Gasteiger partial charge in [-0.25, -0.2) is 59.8 Å². The van der Waals surface area contributed by atoms with Crippen LogP contribution in [0.1, 0.15) is 159 Å². The Morgan fingerprint density at radius 1 is 0.296 bits per heavy atom. The Hall–Kier alpha value is -9.68. The van der Waals surface area contributed by atoms with E-state index in [1.165, 1.54) is 77.8 Å². The molecular weight excluding hydrogens is 1860 g/mol. The third-order valence-electron chi connectivity index (χ3n) is 22.8. The van der Waals surface area contributed by atoms with Crippen molar-refractivity contribution >= 4 is 121 Å². The van der Waals surface area contributed by atoms with Crippen LogP contribution in [0.4, 0.5) is 29.1 Å². The van der Waals surface area contributed by atoms with Gasteiger partial charge in [0.1, 0.15) is 75.5 Å². The van der Waals surface area contributed by atoms with Crippen molar-refractivity contribution in [1.29, 1.82) is 0 Å². The summed E-state index contributed by atoms with van der Waals surface area (Å²) in [5.41, 5.74) is 40.1. The number of aromatic nitrogens is 12. The zero-order valence-electron chi connectivity index (χ0n) is 79.9. The first-order valence-corrected chi connectivity index (χ1v) is 52.5. The third-order valence-corrected chi connectivity index (χ3v) is 30.8. The second-order valence-electron chi connectivity index (χ2n) is 33.2. The van der Waals surface area contributed by atoms with Gasteiger partial charge in [0.05, 0.1) is 85.4 Å². The van der Waals surface area contributed by atoms with Crippen LogP contribution in [-0.2, 0) is 4.74 Å². The summed E-state index contributed by atoms with van der Waals surface area (Å²) in [6.45, 7) is 39.2. The molecule has 4 aliphatic heterocycles. The first kappa shape index (κ1) is 103. The number of hydrogen-bond donors (Lipinski definition) is 5. The standard InChI is InChI=1S/C25H33N5O2S2.C24H32N6O2S2.C24H31N5O3S2.C24H31N5O2S2/c1-16-14-22(26)28-25(27-16)34-18(3)23-17(2)33-24(29-23)19-8-9-20(31-4)21(15-19)32-13-12-30-10-6-5-7-11-30;1-15-22(16(2)34-24-27-20(25)14-21(26)28-24)29-23(33-15)17-7-8-18(31-3)19(13-17)32-12-11-30-9-5-4-6-10-30;1-15-13-21(25)27-24(26-15)34-17(3)22-16(2)33-23(28-22)18-5-6-19(30-4)20(14-18)32-12-9-29-7-10-31-11-8-29;1-15-13-21(25)27-24(26-15)33-17(3)22-16(2)32-23(28-22)18-7-8-19(30-4)20(14-18)31-12-11-29-9-5-6-10-29/h8-9,14-15,18H,5-7,10-13H2,1-4H3,(H2,26,27,28);7-8,13-14,16H,4-6,9-12H2,1-3H3,(H4,25,26,27,28);5-6,13-14,17H,7-12H2,1-4H3,(H2,25,26,27);7-8,13-14,17H,5-6,9-12H2,1-4H3,(H2,25,26,27)/t18-;16-;2*17-/m0000/s1. The SMILES string of the molecule is COc1ccc(-c2nc([C@H](C)Sc3nc(C)cc(N)n3)c(C)s2)cc1OCCN1CCCC1.COc1ccc(-c2nc([C@H](C)Sc3nc(C)cc(N)n3)c(C)s2)cc1OCCN1CCCCC1.COc1ccc(-c2nc([C@H](C)Sc3nc(C)cc(N)n3)c(C)s2)cc1OCCN1CCOCC1.COc1ccc(-c2nc([C@H](C)Sc3nc(N)cc(N)n3)c(C)s2)cc1OCCN1CCCCC1. The first-order chi connectivity index (χ1) is 65.2. The number of hydrogen-bond acceptors (Lipinski definition) is 38. The first-order valence-electron chi connectivity index (χ1n) is 45.7. The van der Waals surface area contributed by atoms with Gasteiger partial charge in [0.15, 0.2) is 66.6 Å². The number of piperidine rings is 2. The zero-order valence-corrected chi connectivity index (χ0v) is 86.4. The highest BCUT2D eigenvalue weighted by molar-refractivity contribution is 8.00. The summed E-state index contributed by atoms with van der Waals surface area (Å²) in [4.78, 5) is 69.4. The lowest BCUT2D eigenvalue weighted by Crippen LogP contribution is -2.38. The number of methoxy groups -OCH3 is 4. The van der Waals surface area contributed by atoms with E-state index in [9.17, 15) is 0 Å². The van der Waals surface area contributed by atoms with Crippen molar-refractivity contribution in [3.63, 3.8) is 0 Å². The van der Waals surface area contributed by atoms with E-state index in [0.29, 0.717) is 76.1 Å². The van der Waals surface area contributed by atoms with Gasteiger partial charge in [-0.05, 0) is 227 Å². The topological polar surface area (TPSA) is 381 Å². The number of ether oxygens (including phenoxy) is 9. The van der Waals surface area contributed by atoms with Crippen LogP contribution >= 0.6 is 92.4 Å². The van der Waals surface area contributed by atoms with Crippen molar-refractivity contribution in [3.8, 4) is 88.3 Å². The van der Waals surface area contributed by atoms with E-state index in [1.54, 1.807) is 133 Å². The van der Waals surface area contributed by atoms with Gasteiger partial charge in [0.2, 0.25) is 0 Å². The average Bonchev–Trinajstić information content (AvgIpc) is 1.68. The summed E-state index contributed by atoms with van der Waals surface area (Å²) in [6, 6.07) is 30.9. The van der Waals surface area contributed by atoms with Gasteiger partial charge in [-0.15, -0.1) is 45.3 Å². The molecule has 10 N–H and O–H groups in total. The van der Waals surface area contributed by atoms with E-state index in [0.717, 1.165) is 225 Å². The fourth-order valence-corrected chi connectivity index (χ4v) is 24.2. The van der Waals surface area contributed by atoms with Crippen molar-refractivity contribution in [1.82, 2.24) is 79.4 Å². The summed E-state index contributed by atoms with van der Waals surface area (Å²) < 4.78 is 52.1. The third kappa shape index (κ3) is 29.9. The predicted octanol–water partition coefficient (Wildman–Crippen LogP) is 19.8. The number of anilines is 5. The molecule has 16 rings (SSSR count). The maximum atomic E-state index is 6.16. The Balaban J connectivity index is 0.000000152. The van der Waals surface area contributed by atoms with Gasteiger partial charge >= 0.3 is 0 Å². The van der Waals surface area contributed by atoms with Gasteiger partial charge in [0.25, 0.3) is 0 Å². The molecule has 0 amide bonds. The number of benzene rings is 4. The van der Waals surface area contributed by atoms with E-state index in [1.807, 2.05) is 93.6 Å². The molecule has 4 saturated heterocycles. The molecule has 0 radical (unpaired) electrons. The molecule has 38 heteroatoms. The molecule has 30 nitrogen and oxygen atoms in total. The highest BCUT2D eigenvalue weighted by atomic mass is 32.2. The summed E-state index contributed by atoms with van der Waals surface area (Å²) in [5, 5.41) is 6.72. The molecule has 722 valence electrons. The lowest BCUT2D eigenvalue weighted by Gasteiger charge is -2.26. The van der Waals surface area contributed by atoms with Gasteiger partial charge in [-0.1, -0.05) is 59.9 Å². The monoisotopic (exact) mass is 1990 g/mol. The molecule has 4 aromatic carbocycles. The predicted molar refractivity (Wildman–Crippen MR) is 552 cm³/mol. The van der Waals surface area contributed by atoms with Crippen molar-refractivity contribution in [2.24, 2.45) is 0 Å². The van der Waals surface area contributed by atoms with Crippen LogP contribution in [0.15, 0.2) is 118 Å². The second-order valence-corrected chi connectivity index (χ2v) is 43.2. The Bertz CT molecular complexity index is 5350. The Kier molecular flexibility index (Phi) is 38.5.